The number of aryl methyl sites for hydroxylation is 1. The molecule has 1 fully saturated rings. The van der Waals surface area contributed by atoms with E-state index in [1.807, 2.05) is 6.92 Å². The maximum Gasteiger partial charge on any atom is 0.294 e. The van der Waals surface area contributed by atoms with Crippen molar-refractivity contribution in [2.75, 3.05) is 13.2 Å². The van der Waals surface area contributed by atoms with Crippen LogP contribution >= 0.6 is 0 Å². The second-order valence-corrected chi connectivity index (χ2v) is 4.85. The summed E-state index contributed by atoms with van der Waals surface area (Å²) < 4.78 is 34.2. The first-order valence-corrected chi connectivity index (χ1v) is 6.14. The Hall–Kier alpha value is -0.950. The first-order chi connectivity index (χ1) is 7.43. The molecular weight excluding hydrogens is 232 g/mol. The zero-order valence-corrected chi connectivity index (χ0v) is 9.64. The van der Waals surface area contributed by atoms with Gasteiger partial charge in [0.1, 0.15) is 6.10 Å². The van der Waals surface area contributed by atoms with Gasteiger partial charge in [-0.3, -0.25) is 4.55 Å². The van der Waals surface area contributed by atoms with Gasteiger partial charge in [-0.05, 0) is 19.1 Å². The Kier molecular flexibility index (Phi) is 4.43. The van der Waals surface area contributed by atoms with Gasteiger partial charge in [0.25, 0.3) is 10.1 Å². The predicted octanol–water partition coefficient (Wildman–Crippen LogP) is 0.619. The van der Waals surface area contributed by atoms with Crippen LogP contribution in [0.4, 0.5) is 0 Å². The minimum Gasteiger partial charge on any atom is -0.394 e. The van der Waals surface area contributed by atoms with Gasteiger partial charge in [-0.25, -0.2) is 0 Å². The molecule has 1 aromatic carbocycles. The molecule has 0 aromatic heterocycles. The fraction of sp³-hybridized carbons (Fsp3) is 0.400. The molecule has 0 aliphatic carbocycles. The molecule has 1 unspecified atom stereocenters. The van der Waals surface area contributed by atoms with E-state index in [0.29, 0.717) is 0 Å². The van der Waals surface area contributed by atoms with Crippen molar-refractivity contribution in [2.45, 2.75) is 17.9 Å². The Morgan fingerprint density at radius 2 is 1.88 bits per heavy atom. The topological polar surface area (TPSA) is 87.1 Å². The summed E-state index contributed by atoms with van der Waals surface area (Å²) in [5.74, 6) is 0. The summed E-state index contributed by atoms with van der Waals surface area (Å²) >= 11 is 0. The summed E-state index contributed by atoms with van der Waals surface area (Å²) in [5, 5.41) is 8.08. The van der Waals surface area contributed by atoms with Crippen LogP contribution in [0.2, 0.25) is 0 Å². The van der Waals surface area contributed by atoms with Crippen LogP contribution < -0.4 is 0 Å². The fourth-order valence-electron chi connectivity index (χ4n) is 0.884. The third-order valence-electron chi connectivity index (χ3n) is 1.92. The van der Waals surface area contributed by atoms with Crippen LogP contribution in [0.3, 0.4) is 0 Å². The molecule has 0 radical (unpaired) electrons. The van der Waals surface area contributed by atoms with E-state index in [1.165, 1.54) is 12.1 Å². The van der Waals surface area contributed by atoms with Gasteiger partial charge in [-0.2, -0.15) is 8.42 Å². The van der Waals surface area contributed by atoms with E-state index in [0.717, 1.165) is 12.2 Å². The Labute approximate surface area is 94.4 Å². The molecule has 16 heavy (non-hydrogen) atoms. The molecule has 1 saturated heterocycles. The van der Waals surface area contributed by atoms with Crippen LogP contribution in [0.5, 0.6) is 0 Å². The number of ether oxygens (including phenoxy) is 1. The van der Waals surface area contributed by atoms with E-state index in [2.05, 4.69) is 4.74 Å². The molecule has 1 heterocycles. The van der Waals surface area contributed by atoms with Crippen molar-refractivity contribution in [3.8, 4) is 0 Å². The van der Waals surface area contributed by atoms with Crippen LogP contribution in [0.15, 0.2) is 29.2 Å². The number of aliphatic hydroxyl groups is 1. The number of rotatable bonds is 2. The van der Waals surface area contributed by atoms with Gasteiger partial charge >= 0.3 is 0 Å². The summed E-state index contributed by atoms with van der Waals surface area (Å²) in [6.45, 7) is 2.80. The van der Waals surface area contributed by atoms with E-state index in [9.17, 15) is 8.42 Å². The van der Waals surface area contributed by atoms with Crippen molar-refractivity contribution in [3.05, 3.63) is 29.8 Å². The van der Waals surface area contributed by atoms with Crippen molar-refractivity contribution in [2.24, 2.45) is 0 Å². The molecule has 2 N–H and O–H groups in total. The SMILES string of the molecule is Cc1ccc(S(=O)(=O)O)cc1.OCC1CO1. The minimum absolute atomic E-state index is 0.0666. The standard InChI is InChI=1S/C7H8O3S.C3H6O2/c1-6-2-4-7(5-3-6)11(8,9)10;4-1-3-2-5-3/h2-5H,1H3,(H,8,9,10);3-4H,1-2H2. The van der Waals surface area contributed by atoms with Crippen LogP contribution in [0.1, 0.15) is 5.56 Å². The van der Waals surface area contributed by atoms with Crippen LogP contribution in [-0.2, 0) is 14.9 Å². The monoisotopic (exact) mass is 246 g/mol. The molecule has 2 rings (SSSR count). The van der Waals surface area contributed by atoms with E-state index < -0.39 is 10.1 Å². The van der Waals surface area contributed by atoms with Crippen LogP contribution in [0.25, 0.3) is 0 Å². The number of aliphatic hydroxyl groups excluding tert-OH is 1. The molecule has 1 atom stereocenters. The lowest BCUT2D eigenvalue weighted by molar-refractivity contribution is 0.244. The van der Waals surface area contributed by atoms with Crippen molar-refractivity contribution in [1.82, 2.24) is 0 Å². The van der Waals surface area contributed by atoms with E-state index in [1.54, 1.807) is 12.1 Å². The highest BCUT2D eigenvalue weighted by Crippen LogP contribution is 2.08. The average Bonchev–Trinajstić information content (AvgIpc) is 3.01. The highest BCUT2D eigenvalue weighted by Gasteiger charge is 2.19. The maximum absolute atomic E-state index is 10.5. The second kappa shape index (κ2) is 5.40. The van der Waals surface area contributed by atoms with Gasteiger partial charge in [0.15, 0.2) is 0 Å². The highest BCUT2D eigenvalue weighted by molar-refractivity contribution is 7.85. The number of benzene rings is 1. The predicted molar refractivity (Wildman–Crippen MR) is 57.8 cm³/mol. The maximum atomic E-state index is 10.5. The van der Waals surface area contributed by atoms with Crippen molar-refractivity contribution in [3.63, 3.8) is 0 Å². The summed E-state index contributed by atoms with van der Waals surface area (Å²) in [6, 6.07) is 5.99. The lowest BCUT2D eigenvalue weighted by Crippen LogP contribution is -1.96. The van der Waals surface area contributed by atoms with Crippen LogP contribution in [-0.4, -0.2) is 37.4 Å². The van der Waals surface area contributed by atoms with Gasteiger partial charge in [0.2, 0.25) is 0 Å². The Morgan fingerprint density at radius 3 is 2.12 bits per heavy atom. The molecule has 0 spiro atoms. The van der Waals surface area contributed by atoms with Gasteiger partial charge in [-0.1, -0.05) is 17.7 Å². The molecule has 0 bridgehead atoms. The molecule has 90 valence electrons. The average molecular weight is 246 g/mol. The molecule has 1 aromatic rings. The number of hydrogen-bond donors (Lipinski definition) is 2. The van der Waals surface area contributed by atoms with Gasteiger partial charge in [0, 0.05) is 0 Å². The smallest absolute Gasteiger partial charge is 0.294 e. The van der Waals surface area contributed by atoms with Crippen LogP contribution in [0, 0.1) is 6.92 Å². The van der Waals surface area contributed by atoms with Crippen molar-refractivity contribution >= 4 is 10.1 Å². The quantitative estimate of drug-likeness (QED) is 0.590. The molecule has 6 heteroatoms. The lowest BCUT2D eigenvalue weighted by atomic mass is 10.2. The van der Waals surface area contributed by atoms with Gasteiger partial charge in [0.05, 0.1) is 18.1 Å². The zero-order chi connectivity index (χ0) is 12.2. The largest absolute Gasteiger partial charge is 0.394 e. The van der Waals surface area contributed by atoms with Gasteiger partial charge in [-0.15, -0.1) is 0 Å². The van der Waals surface area contributed by atoms with E-state index >= 15 is 0 Å². The normalized spacial score (nSPS) is 18.6. The molecule has 5 nitrogen and oxygen atoms in total. The molecule has 0 amide bonds. The van der Waals surface area contributed by atoms with Crippen molar-refractivity contribution < 1.29 is 22.8 Å². The summed E-state index contributed by atoms with van der Waals surface area (Å²) in [7, 11) is -4.02. The van der Waals surface area contributed by atoms with Crippen molar-refractivity contribution in [1.29, 1.82) is 0 Å². The lowest BCUT2D eigenvalue weighted by Gasteiger charge is -1.95. The highest BCUT2D eigenvalue weighted by atomic mass is 32.2. The zero-order valence-electron chi connectivity index (χ0n) is 8.83. The van der Waals surface area contributed by atoms with Gasteiger partial charge < -0.3 is 9.84 Å². The summed E-state index contributed by atoms with van der Waals surface area (Å²) in [6.07, 6.45) is 0.190. The fourth-order valence-corrected chi connectivity index (χ4v) is 1.36. The summed E-state index contributed by atoms with van der Waals surface area (Å²) in [4.78, 5) is -0.0666. The molecule has 0 saturated carbocycles. The third-order valence-corrected chi connectivity index (χ3v) is 2.79. The Bertz CT molecular complexity index is 419. The van der Waals surface area contributed by atoms with E-state index in [4.69, 9.17) is 9.66 Å². The Balaban J connectivity index is 0.000000212. The van der Waals surface area contributed by atoms with E-state index in [-0.39, 0.29) is 17.6 Å². The first kappa shape index (κ1) is 13.1. The second-order valence-electron chi connectivity index (χ2n) is 3.43. The summed E-state index contributed by atoms with van der Waals surface area (Å²) in [5.41, 5.74) is 0.956. The first-order valence-electron chi connectivity index (χ1n) is 4.70. The third kappa shape index (κ3) is 4.71. The molecule has 1 aliphatic heterocycles. The molecule has 1 aliphatic rings. The number of epoxide rings is 1. The minimum atomic E-state index is -4.02. The Morgan fingerprint density at radius 1 is 1.38 bits per heavy atom. The number of hydrogen-bond acceptors (Lipinski definition) is 4. The molecular formula is C10H14O5S.